The number of hydrogen-bond acceptors (Lipinski definition) is 2. The fourth-order valence-electron chi connectivity index (χ4n) is 2.22. The van der Waals surface area contributed by atoms with Gasteiger partial charge in [-0.2, -0.15) is 0 Å². The van der Waals surface area contributed by atoms with Crippen LogP contribution in [0.25, 0.3) is 10.9 Å². The van der Waals surface area contributed by atoms with E-state index < -0.39 is 0 Å². The lowest BCUT2D eigenvalue weighted by atomic mass is 9.88. The predicted octanol–water partition coefficient (Wildman–Crippen LogP) is 2.47. The third kappa shape index (κ3) is 1.96. The molecule has 0 saturated heterocycles. The lowest BCUT2D eigenvalue weighted by Gasteiger charge is -2.31. The minimum absolute atomic E-state index is 0.0383. The number of aromatic amines is 1. The van der Waals surface area contributed by atoms with Crippen molar-refractivity contribution in [3.8, 4) is 0 Å². The van der Waals surface area contributed by atoms with E-state index in [4.69, 9.17) is 5.73 Å². The van der Waals surface area contributed by atoms with E-state index in [-0.39, 0.29) is 11.6 Å². The molecule has 0 amide bonds. The maximum absolute atomic E-state index is 6.41. The summed E-state index contributed by atoms with van der Waals surface area (Å²) >= 11 is 0. The van der Waals surface area contributed by atoms with Gasteiger partial charge in [0.2, 0.25) is 0 Å². The van der Waals surface area contributed by atoms with Crippen molar-refractivity contribution in [2.75, 3.05) is 7.05 Å². The standard InChI is InChI=1S/C14H21N3/c1-9-12(13(15)14(2,3)16-4)10-7-5-6-8-11(10)17-9/h5-8,13,16-17H,15H2,1-4H3. The minimum atomic E-state index is -0.129. The summed E-state index contributed by atoms with van der Waals surface area (Å²) in [5.41, 5.74) is 9.80. The summed E-state index contributed by atoms with van der Waals surface area (Å²) in [6.45, 7) is 6.33. The highest BCUT2D eigenvalue weighted by Crippen LogP contribution is 2.31. The summed E-state index contributed by atoms with van der Waals surface area (Å²) in [4.78, 5) is 3.40. The maximum atomic E-state index is 6.41. The molecular formula is C14H21N3. The molecule has 0 aliphatic heterocycles. The molecular weight excluding hydrogens is 210 g/mol. The van der Waals surface area contributed by atoms with Crippen LogP contribution in [0.1, 0.15) is 31.1 Å². The molecule has 0 bridgehead atoms. The van der Waals surface area contributed by atoms with Crippen LogP contribution < -0.4 is 11.1 Å². The van der Waals surface area contributed by atoms with E-state index >= 15 is 0 Å². The van der Waals surface area contributed by atoms with Gasteiger partial charge in [0.1, 0.15) is 0 Å². The summed E-state index contributed by atoms with van der Waals surface area (Å²) in [5, 5.41) is 4.51. The molecule has 1 aromatic carbocycles. The largest absolute Gasteiger partial charge is 0.358 e. The van der Waals surface area contributed by atoms with E-state index in [2.05, 4.69) is 49.3 Å². The second-order valence-electron chi connectivity index (χ2n) is 5.16. The Morgan fingerprint density at radius 2 is 1.94 bits per heavy atom. The Bertz CT molecular complexity index is 525. The van der Waals surface area contributed by atoms with E-state index in [9.17, 15) is 0 Å². The lowest BCUT2D eigenvalue weighted by Crippen LogP contribution is -2.46. The number of rotatable bonds is 3. The number of likely N-dealkylation sites (N-methyl/N-ethyl adjacent to an activating group) is 1. The lowest BCUT2D eigenvalue weighted by molar-refractivity contribution is 0.349. The van der Waals surface area contributed by atoms with Crippen molar-refractivity contribution in [3.63, 3.8) is 0 Å². The van der Waals surface area contributed by atoms with Crippen molar-refractivity contribution >= 4 is 10.9 Å². The molecule has 2 rings (SSSR count). The number of para-hydroxylation sites is 1. The van der Waals surface area contributed by atoms with Crippen LogP contribution in [0.2, 0.25) is 0 Å². The highest BCUT2D eigenvalue weighted by molar-refractivity contribution is 5.85. The minimum Gasteiger partial charge on any atom is -0.358 e. The van der Waals surface area contributed by atoms with E-state index in [1.807, 2.05) is 13.1 Å². The van der Waals surface area contributed by atoms with Gasteiger partial charge in [0.15, 0.2) is 0 Å². The molecule has 0 aliphatic rings. The van der Waals surface area contributed by atoms with Crippen molar-refractivity contribution in [2.45, 2.75) is 32.4 Å². The molecule has 1 atom stereocenters. The number of aryl methyl sites for hydroxylation is 1. The molecule has 3 heteroatoms. The molecule has 0 aliphatic carbocycles. The van der Waals surface area contributed by atoms with Crippen LogP contribution in [-0.2, 0) is 0 Å². The van der Waals surface area contributed by atoms with Gasteiger partial charge < -0.3 is 16.0 Å². The van der Waals surface area contributed by atoms with Gasteiger partial charge in [0.05, 0.1) is 0 Å². The van der Waals surface area contributed by atoms with Crippen LogP contribution in [0.5, 0.6) is 0 Å². The third-order valence-electron chi connectivity index (χ3n) is 3.68. The first kappa shape index (κ1) is 12.1. The Morgan fingerprint density at radius 3 is 2.59 bits per heavy atom. The van der Waals surface area contributed by atoms with Crippen molar-refractivity contribution in [3.05, 3.63) is 35.5 Å². The normalized spacial score (nSPS) is 14.2. The molecule has 2 aromatic rings. The Labute approximate surface area is 102 Å². The first-order valence-electron chi connectivity index (χ1n) is 5.99. The second-order valence-corrected chi connectivity index (χ2v) is 5.16. The van der Waals surface area contributed by atoms with Gasteiger partial charge in [-0.05, 0) is 39.4 Å². The van der Waals surface area contributed by atoms with Gasteiger partial charge in [0, 0.05) is 28.2 Å². The number of fused-ring (bicyclic) bond motifs is 1. The van der Waals surface area contributed by atoms with Crippen LogP contribution in [0.15, 0.2) is 24.3 Å². The number of H-pyrrole nitrogens is 1. The summed E-state index contributed by atoms with van der Waals surface area (Å²) in [6.07, 6.45) is 0. The molecule has 1 aromatic heterocycles. The Hall–Kier alpha value is -1.32. The quantitative estimate of drug-likeness (QED) is 0.760. The summed E-state index contributed by atoms with van der Waals surface area (Å²) in [7, 11) is 1.95. The molecule has 0 spiro atoms. The van der Waals surface area contributed by atoms with E-state index in [0.717, 1.165) is 11.2 Å². The average Bonchev–Trinajstić information content (AvgIpc) is 2.64. The summed E-state index contributed by atoms with van der Waals surface area (Å²) in [5.74, 6) is 0. The number of nitrogens with one attached hydrogen (secondary N) is 2. The Balaban J connectivity index is 2.59. The number of benzene rings is 1. The zero-order chi connectivity index (χ0) is 12.6. The summed E-state index contributed by atoms with van der Waals surface area (Å²) in [6, 6.07) is 8.27. The van der Waals surface area contributed by atoms with Gasteiger partial charge in [-0.15, -0.1) is 0 Å². The highest BCUT2D eigenvalue weighted by Gasteiger charge is 2.29. The van der Waals surface area contributed by atoms with Crippen molar-refractivity contribution < 1.29 is 0 Å². The van der Waals surface area contributed by atoms with Crippen LogP contribution in [0, 0.1) is 6.92 Å². The topological polar surface area (TPSA) is 53.8 Å². The maximum Gasteiger partial charge on any atom is 0.0498 e. The number of nitrogens with two attached hydrogens (primary N) is 1. The monoisotopic (exact) mass is 231 g/mol. The Kier molecular flexibility index (Phi) is 2.98. The molecule has 3 nitrogen and oxygen atoms in total. The van der Waals surface area contributed by atoms with Crippen LogP contribution in [0.4, 0.5) is 0 Å². The Morgan fingerprint density at radius 1 is 1.29 bits per heavy atom. The molecule has 17 heavy (non-hydrogen) atoms. The second kappa shape index (κ2) is 4.17. The fraction of sp³-hybridized carbons (Fsp3) is 0.429. The van der Waals surface area contributed by atoms with E-state index in [1.165, 1.54) is 10.9 Å². The van der Waals surface area contributed by atoms with Crippen molar-refractivity contribution in [1.29, 1.82) is 0 Å². The van der Waals surface area contributed by atoms with Crippen LogP contribution in [-0.4, -0.2) is 17.6 Å². The van der Waals surface area contributed by atoms with Gasteiger partial charge in [0.25, 0.3) is 0 Å². The molecule has 4 N–H and O–H groups in total. The molecule has 1 heterocycles. The van der Waals surface area contributed by atoms with Gasteiger partial charge in [-0.1, -0.05) is 18.2 Å². The number of aromatic nitrogens is 1. The molecule has 1 unspecified atom stereocenters. The predicted molar refractivity (Wildman–Crippen MR) is 73.1 cm³/mol. The van der Waals surface area contributed by atoms with Crippen molar-refractivity contribution in [1.82, 2.24) is 10.3 Å². The van der Waals surface area contributed by atoms with E-state index in [0.29, 0.717) is 0 Å². The molecule has 0 saturated carbocycles. The van der Waals surface area contributed by atoms with Gasteiger partial charge in [-0.3, -0.25) is 0 Å². The first-order chi connectivity index (χ1) is 7.97. The third-order valence-corrected chi connectivity index (χ3v) is 3.68. The van der Waals surface area contributed by atoms with Gasteiger partial charge in [-0.25, -0.2) is 0 Å². The average molecular weight is 231 g/mol. The number of hydrogen-bond donors (Lipinski definition) is 3. The first-order valence-corrected chi connectivity index (χ1v) is 5.99. The van der Waals surface area contributed by atoms with E-state index in [1.54, 1.807) is 0 Å². The highest BCUT2D eigenvalue weighted by atomic mass is 15.0. The smallest absolute Gasteiger partial charge is 0.0498 e. The van der Waals surface area contributed by atoms with Crippen molar-refractivity contribution in [2.24, 2.45) is 5.73 Å². The van der Waals surface area contributed by atoms with Gasteiger partial charge >= 0.3 is 0 Å². The zero-order valence-corrected chi connectivity index (χ0v) is 11.0. The molecule has 0 fully saturated rings. The zero-order valence-electron chi connectivity index (χ0n) is 11.0. The van der Waals surface area contributed by atoms with Crippen LogP contribution >= 0.6 is 0 Å². The fourth-order valence-corrected chi connectivity index (χ4v) is 2.22. The molecule has 0 radical (unpaired) electrons. The van der Waals surface area contributed by atoms with Crippen LogP contribution in [0.3, 0.4) is 0 Å². The molecule has 92 valence electrons. The SMILES string of the molecule is CNC(C)(C)C(N)c1c(C)[nH]c2ccccc12. The summed E-state index contributed by atoms with van der Waals surface area (Å²) < 4.78 is 0.